The maximum absolute atomic E-state index is 12.6. The number of ketones is 1. The summed E-state index contributed by atoms with van der Waals surface area (Å²) in [7, 11) is 1.21. The predicted octanol–water partition coefficient (Wildman–Crippen LogP) is 3.87. The van der Waals surface area contributed by atoms with E-state index in [9.17, 15) is 27.6 Å². The molecule has 1 aromatic heterocycles. The molecular weight excluding hydrogens is 379 g/mol. The summed E-state index contributed by atoms with van der Waals surface area (Å²) < 4.78 is 47.5. The number of alkyl halides is 3. The van der Waals surface area contributed by atoms with E-state index < -0.39 is 35.6 Å². The molecule has 6 nitrogen and oxygen atoms in total. The number of carbonyl (C=O) groups excluding carboxylic acids is 3. The average Bonchev–Trinajstić information content (AvgIpc) is 2.94. The van der Waals surface area contributed by atoms with Crippen molar-refractivity contribution in [2.24, 2.45) is 0 Å². The van der Waals surface area contributed by atoms with E-state index in [-0.39, 0.29) is 16.8 Å². The molecule has 28 heavy (non-hydrogen) atoms. The minimum Gasteiger partial charge on any atom is -0.465 e. The zero-order valence-electron chi connectivity index (χ0n) is 15.6. The van der Waals surface area contributed by atoms with Crippen LogP contribution in [0, 0.1) is 13.8 Å². The number of hydrogen-bond donors (Lipinski definition) is 1. The highest BCUT2D eigenvalue weighted by atomic mass is 19.4. The number of nitrogens with one attached hydrogen (secondary N) is 1. The second-order valence-electron chi connectivity index (χ2n) is 6.10. The van der Waals surface area contributed by atoms with Crippen molar-refractivity contribution in [1.82, 2.24) is 4.98 Å². The minimum absolute atomic E-state index is 0.0885. The normalized spacial score (nSPS) is 12.4. The Bertz CT molecular complexity index is 913. The van der Waals surface area contributed by atoms with Crippen molar-refractivity contribution < 1.29 is 37.0 Å². The lowest BCUT2D eigenvalue weighted by molar-refractivity contribution is -0.137. The van der Waals surface area contributed by atoms with E-state index in [4.69, 9.17) is 4.74 Å². The number of rotatable bonds is 5. The van der Waals surface area contributed by atoms with Crippen LogP contribution in [0.15, 0.2) is 24.3 Å². The first-order valence-corrected chi connectivity index (χ1v) is 8.17. The second kappa shape index (κ2) is 7.87. The van der Waals surface area contributed by atoms with Gasteiger partial charge in [0.25, 0.3) is 0 Å². The zero-order chi connectivity index (χ0) is 21.2. The molecule has 1 atom stereocenters. The molecule has 0 aliphatic heterocycles. The van der Waals surface area contributed by atoms with Gasteiger partial charge in [0.05, 0.1) is 29.5 Å². The van der Waals surface area contributed by atoms with Crippen LogP contribution in [0.3, 0.4) is 0 Å². The minimum atomic E-state index is -4.52. The van der Waals surface area contributed by atoms with E-state index in [1.165, 1.54) is 14.0 Å². The number of H-pyrrole nitrogens is 1. The largest absolute Gasteiger partial charge is 0.465 e. The molecule has 1 heterocycles. The molecule has 0 aliphatic rings. The van der Waals surface area contributed by atoms with Crippen LogP contribution < -0.4 is 0 Å². The molecule has 2 rings (SSSR count). The van der Waals surface area contributed by atoms with Crippen molar-refractivity contribution in [2.45, 2.75) is 33.1 Å². The van der Waals surface area contributed by atoms with Crippen LogP contribution in [0.1, 0.15) is 54.9 Å². The molecule has 0 amide bonds. The summed E-state index contributed by atoms with van der Waals surface area (Å²) in [6, 6.07) is 3.46. The van der Waals surface area contributed by atoms with Gasteiger partial charge in [-0.15, -0.1) is 0 Å². The Morgan fingerprint density at radius 1 is 1.04 bits per heavy atom. The lowest BCUT2D eigenvalue weighted by Gasteiger charge is -2.13. The molecule has 0 unspecified atom stereocenters. The number of aromatic nitrogens is 1. The van der Waals surface area contributed by atoms with Crippen molar-refractivity contribution in [2.75, 3.05) is 7.11 Å². The zero-order valence-corrected chi connectivity index (χ0v) is 15.6. The third-order valence-corrected chi connectivity index (χ3v) is 4.17. The number of hydrogen-bond acceptors (Lipinski definition) is 5. The third kappa shape index (κ3) is 4.24. The smallest absolute Gasteiger partial charge is 0.416 e. The number of benzene rings is 1. The quantitative estimate of drug-likeness (QED) is 0.612. The van der Waals surface area contributed by atoms with Gasteiger partial charge in [-0.2, -0.15) is 13.2 Å². The summed E-state index contributed by atoms with van der Waals surface area (Å²) in [4.78, 5) is 39.3. The van der Waals surface area contributed by atoms with Crippen LogP contribution in [-0.4, -0.2) is 35.9 Å². The molecule has 0 saturated heterocycles. The van der Waals surface area contributed by atoms with Crippen LogP contribution in [0.4, 0.5) is 13.2 Å². The Balaban J connectivity index is 2.16. The van der Waals surface area contributed by atoms with Crippen LogP contribution in [0.25, 0.3) is 0 Å². The van der Waals surface area contributed by atoms with Crippen LogP contribution in [0.5, 0.6) is 0 Å². The van der Waals surface area contributed by atoms with Crippen LogP contribution in [0.2, 0.25) is 0 Å². The first kappa shape index (κ1) is 21.2. The Labute approximate surface area is 158 Å². The van der Waals surface area contributed by atoms with Gasteiger partial charge in [-0.1, -0.05) is 0 Å². The molecule has 0 saturated carbocycles. The molecule has 1 N–H and O–H groups in total. The summed E-state index contributed by atoms with van der Waals surface area (Å²) in [5.74, 6) is -2.14. The van der Waals surface area contributed by atoms with Crippen molar-refractivity contribution in [3.8, 4) is 0 Å². The Morgan fingerprint density at radius 3 is 2.11 bits per heavy atom. The van der Waals surface area contributed by atoms with Crippen molar-refractivity contribution in [3.05, 3.63) is 57.9 Å². The average molecular weight is 397 g/mol. The summed E-state index contributed by atoms with van der Waals surface area (Å²) >= 11 is 0. The number of methoxy groups -OCH3 is 1. The number of carbonyl (C=O) groups is 3. The lowest BCUT2D eigenvalue weighted by Crippen LogP contribution is -2.25. The highest BCUT2D eigenvalue weighted by Gasteiger charge is 2.31. The molecule has 0 aliphatic carbocycles. The van der Waals surface area contributed by atoms with E-state index in [2.05, 4.69) is 9.72 Å². The SMILES string of the molecule is COC(=O)c1c(C)[nH]c(C(=O)[C@H](C)OC(=O)c2ccc(C(F)(F)F)cc2)c1C. The molecule has 1 aromatic carbocycles. The fraction of sp³-hybridized carbons (Fsp3) is 0.316. The summed E-state index contributed by atoms with van der Waals surface area (Å²) in [6.07, 6.45) is -5.75. The number of aryl methyl sites for hydroxylation is 1. The predicted molar refractivity (Wildman–Crippen MR) is 92.3 cm³/mol. The molecule has 150 valence electrons. The lowest BCUT2D eigenvalue weighted by atomic mass is 10.1. The summed E-state index contributed by atoms with van der Waals surface area (Å²) in [5, 5.41) is 0. The van der Waals surface area contributed by atoms with E-state index in [1.807, 2.05) is 0 Å². The monoisotopic (exact) mass is 397 g/mol. The van der Waals surface area contributed by atoms with E-state index >= 15 is 0 Å². The van der Waals surface area contributed by atoms with E-state index in [1.54, 1.807) is 13.8 Å². The number of halogens is 3. The summed E-state index contributed by atoms with van der Waals surface area (Å²) in [5.41, 5.74) is 0.0572. The van der Waals surface area contributed by atoms with Gasteiger partial charge in [-0.25, -0.2) is 9.59 Å². The maximum atomic E-state index is 12.6. The topological polar surface area (TPSA) is 85.5 Å². The Morgan fingerprint density at radius 2 is 1.61 bits per heavy atom. The van der Waals surface area contributed by atoms with Gasteiger partial charge in [0, 0.05) is 5.69 Å². The van der Waals surface area contributed by atoms with Gasteiger partial charge >= 0.3 is 18.1 Å². The first-order valence-electron chi connectivity index (χ1n) is 8.17. The molecule has 0 radical (unpaired) electrons. The van der Waals surface area contributed by atoms with Gasteiger partial charge < -0.3 is 14.5 Å². The number of Topliss-reactive ketones (excluding diaryl/α,β-unsaturated/α-hetero) is 1. The van der Waals surface area contributed by atoms with E-state index in [0.29, 0.717) is 11.3 Å². The van der Waals surface area contributed by atoms with Gasteiger partial charge in [0.1, 0.15) is 0 Å². The van der Waals surface area contributed by atoms with Gasteiger partial charge in [-0.3, -0.25) is 4.79 Å². The number of aromatic amines is 1. The molecule has 0 spiro atoms. The maximum Gasteiger partial charge on any atom is 0.416 e. The molecule has 9 heteroatoms. The highest BCUT2D eigenvalue weighted by molar-refractivity contribution is 6.04. The Kier molecular flexibility index (Phi) is 5.96. The fourth-order valence-electron chi connectivity index (χ4n) is 2.69. The third-order valence-electron chi connectivity index (χ3n) is 4.17. The van der Waals surface area contributed by atoms with Crippen LogP contribution >= 0.6 is 0 Å². The van der Waals surface area contributed by atoms with Crippen molar-refractivity contribution in [1.29, 1.82) is 0 Å². The van der Waals surface area contributed by atoms with Gasteiger partial charge in [0.15, 0.2) is 6.10 Å². The highest BCUT2D eigenvalue weighted by Crippen LogP contribution is 2.29. The van der Waals surface area contributed by atoms with Crippen molar-refractivity contribution >= 4 is 17.7 Å². The first-order chi connectivity index (χ1) is 13.0. The van der Waals surface area contributed by atoms with Gasteiger partial charge in [0.2, 0.25) is 5.78 Å². The Hall–Kier alpha value is -3.10. The molecule has 0 bridgehead atoms. The molecule has 0 fully saturated rings. The van der Waals surface area contributed by atoms with Crippen LogP contribution in [-0.2, 0) is 15.7 Å². The van der Waals surface area contributed by atoms with Gasteiger partial charge in [-0.05, 0) is 50.6 Å². The number of ether oxygens (including phenoxy) is 2. The number of esters is 2. The summed E-state index contributed by atoms with van der Waals surface area (Å²) in [6.45, 7) is 4.47. The standard InChI is InChI=1S/C19H18F3NO5/c1-9-14(18(26)27-4)10(2)23-15(9)16(24)11(3)28-17(25)12-5-7-13(8-6-12)19(20,21)22/h5-8,11,23H,1-4H3/t11-/m0/s1. The second-order valence-corrected chi connectivity index (χ2v) is 6.10. The van der Waals surface area contributed by atoms with E-state index in [0.717, 1.165) is 24.3 Å². The fourth-order valence-corrected chi connectivity index (χ4v) is 2.69. The van der Waals surface area contributed by atoms with Crippen molar-refractivity contribution in [3.63, 3.8) is 0 Å². The molecule has 2 aromatic rings. The molecular formula is C19H18F3NO5.